The average molecular weight is 431 g/mol. The van der Waals surface area contributed by atoms with Gasteiger partial charge in [-0.05, 0) is 47.2 Å². The number of hydrogen-bond acceptors (Lipinski definition) is 7. The van der Waals surface area contributed by atoms with Gasteiger partial charge in [-0.2, -0.15) is 4.68 Å². The lowest BCUT2D eigenvalue weighted by Crippen LogP contribution is -2.31. The molecule has 0 radical (unpaired) electrons. The van der Waals surface area contributed by atoms with Crippen LogP contribution >= 0.6 is 11.8 Å². The topological polar surface area (TPSA) is 82.4 Å². The lowest BCUT2D eigenvalue weighted by Gasteiger charge is -2.20. The van der Waals surface area contributed by atoms with Gasteiger partial charge in [-0.25, -0.2) is 4.39 Å². The van der Waals surface area contributed by atoms with E-state index in [4.69, 9.17) is 9.47 Å². The first-order chi connectivity index (χ1) is 14.5. The van der Waals surface area contributed by atoms with Crippen LogP contribution in [0.4, 0.5) is 4.39 Å². The van der Waals surface area contributed by atoms with Crippen LogP contribution in [0.3, 0.4) is 0 Å². The number of aromatic nitrogens is 4. The number of ether oxygens (including phenoxy) is 2. The van der Waals surface area contributed by atoms with E-state index in [1.165, 1.54) is 28.6 Å². The Morgan fingerprint density at radius 1 is 1.20 bits per heavy atom. The molecule has 1 aromatic heterocycles. The second-order valence-electron chi connectivity index (χ2n) is 6.24. The highest BCUT2D eigenvalue weighted by Gasteiger charge is 2.18. The highest BCUT2D eigenvalue weighted by Crippen LogP contribution is 2.29. The Labute approximate surface area is 178 Å². The number of carbonyl (C=O) groups excluding carboxylic acids is 1. The number of methoxy groups -OCH3 is 2. The van der Waals surface area contributed by atoms with Crippen molar-refractivity contribution in [3.8, 4) is 17.2 Å². The first-order valence-corrected chi connectivity index (χ1v) is 10.2. The molecule has 0 saturated heterocycles. The molecule has 10 heteroatoms. The van der Waals surface area contributed by atoms with E-state index in [0.29, 0.717) is 35.4 Å². The molecule has 0 fully saturated rings. The van der Waals surface area contributed by atoms with Crippen molar-refractivity contribution in [3.05, 3.63) is 53.8 Å². The summed E-state index contributed by atoms with van der Waals surface area (Å²) in [6.07, 6.45) is 0. The van der Waals surface area contributed by atoms with Crippen LogP contribution in [0.5, 0.6) is 11.5 Å². The second kappa shape index (κ2) is 10.1. The van der Waals surface area contributed by atoms with Crippen LogP contribution in [0.25, 0.3) is 5.69 Å². The fourth-order valence-corrected chi connectivity index (χ4v) is 3.62. The Morgan fingerprint density at radius 2 is 2.03 bits per heavy atom. The molecular weight excluding hydrogens is 409 g/mol. The summed E-state index contributed by atoms with van der Waals surface area (Å²) in [4.78, 5) is 14.4. The molecule has 0 bridgehead atoms. The van der Waals surface area contributed by atoms with Crippen molar-refractivity contribution in [2.24, 2.45) is 0 Å². The van der Waals surface area contributed by atoms with Crippen LogP contribution in [0.1, 0.15) is 12.5 Å². The summed E-state index contributed by atoms with van der Waals surface area (Å²) in [7, 11) is 3.12. The van der Waals surface area contributed by atoms with Gasteiger partial charge in [0.1, 0.15) is 23.0 Å². The smallest absolute Gasteiger partial charge is 0.233 e. The maximum Gasteiger partial charge on any atom is 0.233 e. The number of amides is 1. The number of tetrazole rings is 1. The molecule has 158 valence electrons. The van der Waals surface area contributed by atoms with Crippen LogP contribution in [-0.2, 0) is 11.3 Å². The van der Waals surface area contributed by atoms with E-state index in [0.717, 1.165) is 5.56 Å². The van der Waals surface area contributed by atoms with Crippen LogP contribution in [0, 0.1) is 5.82 Å². The zero-order valence-electron chi connectivity index (χ0n) is 16.9. The molecular formula is C20H22FN5O3S. The van der Waals surface area contributed by atoms with Gasteiger partial charge in [0.25, 0.3) is 0 Å². The van der Waals surface area contributed by atoms with Crippen molar-refractivity contribution >= 4 is 17.7 Å². The van der Waals surface area contributed by atoms with Crippen molar-refractivity contribution in [1.29, 1.82) is 0 Å². The van der Waals surface area contributed by atoms with Gasteiger partial charge in [0.05, 0.1) is 20.0 Å². The van der Waals surface area contributed by atoms with E-state index in [-0.39, 0.29) is 17.5 Å². The molecule has 0 saturated carbocycles. The van der Waals surface area contributed by atoms with Crippen molar-refractivity contribution in [2.75, 3.05) is 26.5 Å². The zero-order valence-corrected chi connectivity index (χ0v) is 17.7. The fraction of sp³-hybridized carbons (Fsp3) is 0.300. The summed E-state index contributed by atoms with van der Waals surface area (Å²) >= 11 is 1.21. The maximum absolute atomic E-state index is 13.4. The first kappa shape index (κ1) is 21.6. The van der Waals surface area contributed by atoms with E-state index < -0.39 is 0 Å². The molecule has 0 atom stereocenters. The number of hydrogen-bond donors (Lipinski definition) is 0. The second-order valence-corrected chi connectivity index (χ2v) is 7.18. The number of thioether (sulfide) groups is 1. The van der Waals surface area contributed by atoms with Gasteiger partial charge in [0.2, 0.25) is 11.1 Å². The summed E-state index contributed by atoms with van der Waals surface area (Å²) in [6.45, 7) is 2.72. The zero-order chi connectivity index (χ0) is 21.5. The van der Waals surface area contributed by atoms with Crippen molar-refractivity contribution < 1.29 is 18.7 Å². The molecule has 0 spiro atoms. The van der Waals surface area contributed by atoms with Gasteiger partial charge < -0.3 is 14.4 Å². The molecule has 30 heavy (non-hydrogen) atoms. The predicted molar refractivity (Wildman–Crippen MR) is 110 cm³/mol. The molecule has 1 heterocycles. The van der Waals surface area contributed by atoms with Gasteiger partial charge in [-0.15, -0.1) is 5.10 Å². The third-order valence-corrected chi connectivity index (χ3v) is 5.28. The molecule has 0 aliphatic heterocycles. The van der Waals surface area contributed by atoms with Crippen LogP contribution in [-0.4, -0.2) is 57.5 Å². The van der Waals surface area contributed by atoms with Gasteiger partial charge in [0.15, 0.2) is 0 Å². The largest absolute Gasteiger partial charge is 0.497 e. The van der Waals surface area contributed by atoms with Crippen molar-refractivity contribution in [1.82, 2.24) is 25.1 Å². The van der Waals surface area contributed by atoms with Gasteiger partial charge in [0, 0.05) is 19.2 Å². The molecule has 0 N–H and O–H groups in total. The Morgan fingerprint density at radius 3 is 2.73 bits per heavy atom. The normalized spacial score (nSPS) is 10.7. The van der Waals surface area contributed by atoms with E-state index in [9.17, 15) is 9.18 Å². The average Bonchev–Trinajstić information content (AvgIpc) is 3.23. The molecule has 0 aliphatic rings. The highest BCUT2D eigenvalue weighted by molar-refractivity contribution is 7.99. The number of carbonyl (C=O) groups is 1. The molecule has 3 aromatic rings. The number of rotatable bonds is 9. The number of benzene rings is 2. The third kappa shape index (κ3) is 5.07. The Hall–Kier alpha value is -3.14. The SMILES string of the molecule is CCN(Cc1cccc(F)c1)C(=O)CSc1nnnn1-c1cc(OC)ccc1OC. The lowest BCUT2D eigenvalue weighted by molar-refractivity contribution is -0.128. The van der Waals surface area contributed by atoms with Crippen LogP contribution in [0.2, 0.25) is 0 Å². The maximum atomic E-state index is 13.4. The van der Waals surface area contributed by atoms with Crippen LogP contribution < -0.4 is 9.47 Å². The van der Waals surface area contributed by atoms with E-state index >= 15 is 0 Å². The summed E-state index contributed by atoms with van der Waals surface area (Å²) < 4.78 is 25.6. The third-order valence-electron chi connectivity index (χ3n) is 4.38. The molecule has 1 amide bonds. The minimum absolute atomic E-state index is 0.0982. The Bertz CT molecular complexity index is 1010. The summed E-state index contributed by atoms with van der Waals surface area (Å²) in [5.41, 5.74) is 1.34. The van der Waals surface area contributed by atoms with Crippen molar-refractivity contribution in [3.63, 3.8) is 0 Å². The van der Waals surface area contributed by atoms with Crippen LogP contribution in [0.15, 0.2) is 47.6 Å². The fourth-order valence-electron chi connectivity index (χ4n) is 2.83. The van der Waals surface area contributed by atoms with E-state index in [2.05, 4.69) is 15.5 Å². The van der Waals surface area contributed by atoms with Gasteiger partial charge in [-0.3, -0.25) is 4.79 Å². The first-order valence-electron chi connectivity index (χ1n) is 9.21. The van der Waals surface area contributed by atoms with Gasteiger partial charge >= 0.3 is 0 Å². The molecule has 2 aromatic carbocycles. The molecule has 3 rings (SSSR count). The quantitative estimate of drug-likeness (QED) is 0.482. The lowest BCUT2D eigenvalue weighted by atomic mass is 10.2. The Kier molecular flexibility index (Phi) is 7.23. The monoisotopic (exact) mass is 431 g/mol. The minimum atomic E-state index is -0.322. The summed E-state index contributed by atoms with van der Waals surface area (Å²) in [5, 5.41) is 12.2. The van der Waals surface area contributed by atoms with Gasteiger partial charge in [-0.1, -0.05) is 23.9 Å². The van der Waals surface area contributed by atoms with E-state index in [1.807, 2.05) is 6.92 Å². The Balaban J connectivity index is 1.72. The van der Waals surface area contributed by atoms with Crippen molar-refractivity contribution in [2.45, 2.75) is 18.6 Å². The molecule has 8 nitrogen and oxygen atoms in total. The molecule has 0 aliphatic carbocycles. The predicted octanol–water partition coefficient (Wildman–Crippen LogP) is 2.96. The summed E-state index contributed by atoms with van der Waals surface area (Å²) in [6, 6.07) is 11.5. The highest BCUT2D eigenvalue weighted by atomic mass is 32.2. The summed E-state index contributed by atoms with van der Waals surface area (Å²) in [5.74, 6) is 0.907. The molecule has 0 unspecified atom stereocenters. The standard InChI is InChI=1S/C20H22FN5O3S/c1-4-25(12-14-6-5-7-15(21)10-14)19(27)13-30-20-22-23-24-26(20)17-11-16(28-2)8-9-18(17)29-3/h5-11H,4,12-13H2,1-3H3. The number of nitrogens with zero attached hydrogens (tertiary/aromatic N) is 5. The van der Waals surface area contributed by atoms with E-state index in [1.54, 1.807) is 49.5 Å². The number of halogens is 1. The minimum Gasteiger partial charge on any atom is -0.497 e.